The Kier molecular flexibility index (Phi) is 8.82. The van der Waals surface area contributed by atoms with E-state index in [0.717, 1.165) is 28.4 Å². The number of carbonyl (C=O) groups excluding carboxylic acids is 3. The van der Waals surface area contributed by atoms with E-state index >= 15 is 9.59 Å². The van der Waals surface area contributed by atoms with Crippen molar-refractivity contribution in [2.75, 3.05) is 0 Å². The summed E-state index contributed by atoms with van der Waals surface area (Å²) in [4.78, 5) is 44.9. The smallest absolute Gasteiger partial charge is 0.200 e. The standard InChI is InChI=1S/C38H48O6/c1-21(2)11-13-26-19-37-20-27(24(7)8)30(17-23(5)6)44-34(37)31(32(41)25-12-14-28(39)29(40)18-25)33(42)38(35(37)43,36(26,9)10)16-15-22(3)4/h11-12,14-15,17-18,26-27,30,39-40H,7,13,16,19-20H2,1-6,8-10H3/t26-,27-,30-,37+,38+/m1/s1. The number of rotatable bonds is 8. The van der Waals surface area contributed by atoms with Crippen molar-refractivity contribution < 1.29 is 29.3 Å². The van der Waals surface area contributed by atoms with Gasteiger partial charge in [-0.25, -0.2) is 0 Å². The predicted molar refractivity (Wildman–Crippen MR) is 173 cm³/mol. The fraction of sp³-hybridized carbons (Fsp3) is 0.500. The van der Waals surface area contributed by atoms with Crippen LogP contribution in [0.5, 0.6) is 11.5 Å². The van der Waals surface area contributed by atoms with E-state index in [9.17, 15) is 15.0 Å². The third-order valence-electron chi connectivity index (χ3n) is 10.3. The first-order valence-corrected chi connectivity index (χ1v) is 15.6. The lowest BCUT2D eigenvalue weighted by atomic mass is 9.39. The Hall–Kier alpha value is -3.67. The molecule has 236 valence electrons. The van der Waals surface area contributed by atoms with E-state index in [2.05, 4.69) is 12.7 Å². The first-order chi connectivity index (χ1) is 20.4. The molecule has 4 rings (SSSR count). The Morgan fingerprint density at radius 3 is 2.14 bits per heavy atom. The second-order valence-corrected chi connectivity index (χ2v) is 14.5. The fourth-order valence-electron chi connectivity index (χ4n) is 7.63. The number of phenols is 2. The summed E-state index contributed by atoms with van der Waals surface area (Å²) in [5.74, 6) is -2.27. The van der Waals surface area contributed by atoms with Crippen molar-refractivity contribution in [1.29, 1.82) is 0 Å². The van der Waals surface area contributed by atoms with Crippen molar-refractivity contribution in [2.24, 2.45) is 28.1 Å². The molecule has 1 spiro atoms. The second-order valence-electron chi connectivity index (χ2n) is 14.5. The number of fused-ring (bicyclic) bond motifs is 1. The first kappa shape index (κ1) is 33.2. The van der Waals surface area contributed by atoms with Crippen LogP contribution < -0.4 is 0 Å². The normalized spacial score (nSPS) is 28.8. The minimum absolute atomic E-state index is 0.0411. The molecule has 6 heteroatoms. The molecular weight excluding hydrogens is 552 g/mol. The third-order valence-corrected chi connectivity index (χ3v) is 10.3. The van der Waals surface area contributed by atoms with Gasteiger partial charge in [-0.05, 0) is 110 Å². The maximum Gasteiger partial charge on any atom is 0.200 e. The Labute approximate surface area is 262 Å². The zero-order valence-corrected chi connectivity index (χ0v) is 27.8. The van der Waals surface area contributed by atoms with Crippen molar-refractivity contribution in [3.63, 3.8) is 0 Å². The highest BCUT2D eigenvalue weighted by molar-refractivity contribution is 6.35. The molecule has 1 saturated heterocycles. The number of ketones is 3. The van der Waals surface area contributed by atoms with Crippen molar-refractivity contribution in [2.45, 2.75) is 94.1 Å². The largest absolute Gasteiger partial charge is 0.504 e. The summed E-state index contributed by atoms with van der Waals surface area (Å²) in [5, 5.41) is 20.2. The molecule has 44 heavy (non-hydrogen) atoms. The average Bonchev–Trinajstić information content (AvgIpc) is 2.91. The van der Waals surface area contributed by atoms with Crippen LogP contribution in [-0.2, 0) is 14.3 Å². The summed E-state index contributed by atoms with van der Waals surface area (Å²) in [6, 6.07) is 3.78. The highest BCUT2D eigenvalue weighted by atomic mass is 16.5. The predicted octanol–water partition coefficient (Wildman–Crippen LogP) is 8.37. The molecule has 2 aliphatic carbocycles. The molecule has 1 aromatic carbocycles. The highest BCUT2D eigenvalue weighted by Crippen LogP contribution is 2.68. The monoisotopic (exact) mass is 600 g/mol. The van der Waals surface area contributed by atoms with Gasteiger partial charge in [0.15, 0.2) is 28.8 Å². The molecule has 0 radical (unpaired) electrons. The molecule has 3 aliphatic rings. The molecule has 1 aromatic rings. The minimum Gasteiger partial charge on any atom is -0.504 e. The number of Topliss-reactive ketones (excluding diaryl/α,β-unsaturated/α-hetero) is 3. The number of carbonyl (C=O) groups is 3. The quantitative estimate of drug-likeness (QED) is 0.102. The summed E-state index contributed by atoms with van der Waals surface area (Å²) in [7, 11) is 0. The maximum absolute atomic E-state index is 15.3. The zero-order valence-electron chi connectivity index (χ0n) is 27.8. The molecule has 2 bridgehead atoms. The lowest BCUT2D eigenvalue weighted by Crippen LogP contribution is -2.68. The highest BCUT2D eigenvalue weighted by Gasteiger charge is 2.74. The van der Waals surface area contributed by atoms with Crippen LogP contribution in [0.4, 0.5) is 0 Å². The van der Waals surface area contributed by atoms with Crippen LogP contribution in [0, 0.1) is 28.1 Å². The number of ether oxygens (including phenoxy) is 1. The Morgan fingerprint density at radius 2 is 1.59 bits per heavy atom. The molecule has 0 amide bonds. The second kappa shape index (κ2) is 11.7. The van der Waals surface area contributed by atoms with Crippen LogP contribution in [0.15, 0.2) is 76.6 Å². The van der Waals surface area contributed by atoms with E-state index < -0.39 is 39.7 Å². The first-order valence-electron chi connectivity index (χ1n) is 15.6. The lowest BCUT2D eigenvalue weighted by molar-refractivity contribution is -0.179. The maximum atomic E-state index is 15.3. The van der Waals surface area contributed by atoms with Gasteiger partial charge in [-0.3, -0.25) is 14.4 Å². The topological polar surface area (TPSA) is 101 Å². The van der Waals surface area contributed by atoms with Crippen LogP contribution in [0.3, 0.4) is 0 Å². The number of hydrogen-bond donors (Lipinski definition) is 2. The Balaban J connectivity index is 2.13. The summed E-state index contributed by atoms with van der Waals surface area (Å²) in [6.45, 7) is 22.1. The van der Waals surface area contributed by atoms with Gasteiger partial charge in [0.2, 0.25) is 0 Å². The van der Waals surface area contributed by atoms with Crippen LogP contribution in [0.1, 0.15) is 98.4 Å². The summed E-state index contributed by atoms with van der Waals surface area (Å²) >= 11 is 0. The molecule has 0 unspecified atom stereocenters. The van der Waals surface area contributed by atoms with Crippen LogP contribution in [0.25, 0.3) is 0 Å². The third kappa shape index (κ3) is 5.20. The number of hydrogen-bond acceptors (Lipinski definition) is 6. The molecule has 1 heterocycles. The van der Waals surface area contributed by atoms with E-state index in [1.54, 1.807) is 0 Å². The van der Waals surface area contributed by atoms with Crippen molar-refractivity contribution >= 4 is 17.3 Å². The number of phenolic OH excluding ortho intramolecular Hbond substituents is 2. The van der Waals surface area contributed by atoms with E-state index in [-0.39, 0.29) is 46.7 Å². The number of benzene rings is 1. The van der Waals surface area contributed by atoms with E-state index in [4.69, 9.17) is 4.74 Å². The van der Waals surface area contributed by atoms with E-state index in [1.807, 2.05) is 74.5 Å². The molecule has 0 aromatic heterocycles. The van der Waals surface area contributed by atoms with Crippen LogP contribution in [-0.4, -0.2) is 33.7 Å². The van der Waals surface area contributed by atoms with Gasteiger partial charge in [0, 0.05) is 11.5 Å². The molecule has 6 nitrogen and oxygen atoms in total. The van der Waals surface area contributed by atoms with Gasteiger partial charge < -0.3 is 14.9 Å². The molecule has 5 atom stereocenters. The summed E-state index contributed by atoms with van der Waals surface area (Å²) in [5.41, 5.74) is 0.416. The van der Waals surface area contributed by atoms with Gasteiger partial charge in [-0.2, -0.15) is 0 Å². The molecular formula is C38H48O6. The SMILES string of the molecule is C=C(C)[C@H]1C[C@@]23C[C@@H](CC=C(C)C)C(C)(C)[C@@](CC=C(C)C)(C(=O)C(C(=O)c4ccc(O)c(O)c4)=C2O[C@@H]1C=C(C)C)C3=O. The van der Waals surface area contributed by atoms with E-state index in [1.165, 1.54) is 12.1 Å². The number of allylic oxidation sites excluding steroid dienone is 7. The van der Waals surface area contributed by atoms with Gasteiger partial charge in [0.25, 0.3) is 0 Å². The van der Waals surface area contributed by atoms with Crippen molar-refractivity contribution in [3.8, 4) is 11.5 Å². The van der Waals surface area contributed by atoms with E-state index in [0.29, 0.717) is 19.3 Å². The minimum atomic E-state index is -1.51. The van der Waals surface area contributed by atoms with Crippen molar-refractivity contribution in [1.82, 2.24) is 0 Å². The van der Waals surface area contributed by atoms with Gasteiger partial charge in [-0.15, -0.1) is 0 Å². The van der Waals surface area contributed by atoms with Crippen LogP contribution in [0.2, 0.25) is 0 Å². The molecule has 1 aliphatic heterocycles. The molecule has 2 fully saturated rings. The Morgan fingerprint density at radius 1 is 0.955 bits per heavy atom. The average molecular weight is 601 g/mol. The fourth-order valence-corrected chi connectivity index (χ4v) is 7.63. The lowest BCUT2D eigenvalue weighted by Gasteiger charge is -2.63. The van der Waals surface area contributed by atoms with Gasteiger partial charge in [-0.1, -0.05) is 54.9 Å². The van der Waals surface area contributed by atoms with Gasteiger partial charge in [0.05, 0.1) is 5.41 Å². The van der Waals surface area contributed by atoms with Gasteiger partial charge in [0.1, 0.15) is 22.9 Å². The van der Waals surface area contributed by atoms with Gasteiger partial charge >= 0.3 is 0 Å². The number of aromatic hydroxyl groups is 2. The Bertz CT molecular complexity index is 1540. The molecule has 2 N–H and O–H groups in total. The van der Waals surface area contributed by atoms with Crippen molar-refractivity contribution in [3.05, 3.63) is 82.2 Å². The zero-order chi connectivity index (χ0) is 32.9. The van der Waals surface area contributed by atoms with Crippen LogP contribution >= 0.6 is 0 Å². The summed E-state index contributed by atoms with van der Waals surface area (Å²) < 4.78 is 6.75. The molecule has 1 saturated carbocycles. The summed E-state index contributed by atoms with van der Waals surface area (Å²) in [6.07, 6.45) is 7.26.